The second-order valence-corrected chi connectivity index (χ2v) is 20.6. The molecule has 1 aromatic heterocycles. The molecular weight excluding hydrogens is 1020 g/mol. The number of imidazole rings is 1. The number of hydrogen-bond acceptors (Lipinski definition) is 11. The van der Waals surface area contributed by atoms with Crippen molar-refractivity contribution in [2.75, 3.05) is 38.0 Å². The average molecular weight is 1090 g/mol. The van der Waals surface area contributed by atoms with Gasteiger partial charge in [-0.3, -0.25) is 33.7 Å². The third-order valence-electron chi connectivity index (χ3n) is 13.0. The minimum atomic E-state index is -1.67. The zero-order valence-electron chi connectivity index (χ0n) is 43.9. The molecule has 1 saturated heterocycles. The van der Waals surface area contributed by atoms with E-state index < -0.39 is 126 Å². The quantitative estimate of drug-likeness (QED) is 0.0352. The Morgan fingerprint density at radius 3 is 2.19 bits per heavy atom. The summed E-state index contributed by atoms with van der Waals surface area (Å²) < 4.78 is 67.5. The van der Waals surface area contributed by atoms with Gasteiger partial charge < -0.3 is 51.2 Å². The van der Waals surface area contributed by atoms with Gasteiger partial charge in [0.15, 0.2) is 0 Å². The number of aromatic nitrogens is 2. The summed E-state index contributed by atoms with van der Waals surface area (Å²) in [5.74, 6) is -7.75. The predicted octanol–water partition coefficient (Wildman–Crippen LogP) is 4.86. The van der Waals surface area contributed by atoms with Crippen molar-refractivity contribution in [1.82, 2.24) is 40.2 Å². The van der Waals surface area contributed by atoms with E-state index in [0.29, 0.717) is 16.0 Å². The number of primary amides is 1. The van der Waals surface area contributed by atoms with E-state index >= 15 is 8.78 Å². The normalized spacial score (nSPS) is 16.9. The summed E-state index contributed by atoms with van der Waals surface area (Å²) in [5.41, 5.74) is 5.29. The minimum absolute atomic E-state index is 0.00235. The Hall–Kier alpha value is -8.15. The predicted molar refractivity (Wildman–Crippen MR) is 275 cm³/mol. The minimum Gasteiger partial charge on any atom is -0.445 e. The standard InChI is InChI=1S/C54H64F4N10O10/c1-30(2)46(64-43(70)28-67-44(71)18-19-45(67)72)50(74)63-41(11-8-20-60-52(59)76)49(73)61-37-15-12-32(13-16-37)29-78-53(77)66-24-34(40(58)26-66)25-68(51(75)31(3)69)47(54(4,5)6)48-62-42(38-22-36(56)14-17-39(38)57)27-65(48)23-33-9-7-10-35(55)21-33/h7,9-10,12-19,21-22,27,30-31,34,40-41,46-47,69H,8,11,20,23-26,28-29H2,1-6H3,(H,61,73)(H,63,74)(H,64,70)(H3,59,60,76)/t31-,34-,40-,41-,46-,47-/m0/s1. The van der Waals surface area contributed by atoms with Gasteiger partial charge in [-0.25, -0.2) is 32.1 Å². The van der Waals surface area contributed by atoms with Crippen LogP contribution in [0.4, 0.5) is 32.8 Å². The van der Waals surface area contributed by atoms with E-state index in [-0.39, 0.29) is 68.4 Å². The van der Waals surface area contributed by atoms with Gasteiger partial charge in [0.2, 0.25) is 17.7 Å². The average Bonchev–Trinajstić information content (AvgIpc) is 4.10. The largest absolute Gasteiger partial charge is 0.445 e. The van der Waals surface area contributed by atoms with Gasteiger partial charge in [-0.05, 0) is 84.7 Å². The molecule has 7 N–H and O–H groups in total. The van der Waals surface area contributed by atoms with Crippen molar-refractivity contribution in [2.24, 2.45) is 23.0 Å². The van der Waals surface area contributed by atoms with Crippen molar-refractivity contribution in [3.63, 3.8) is 0 Å². The molecule has 0 unspecified atom stereocenters. The van der Waals surface area contributed by atoms with Gasteiger partial charge in [-0.15, -0.1) is 0 Å². The van der Waals surface area contributed by atoms with Gasteiger partial charge in [0.1, 0.15) is 60.8 Å². The van der Waals surface area contributed by atoms with E-state index in [9.17, 15) is 52.2 Å². The second kappa shape index (κ2) is 25.8. The van der Waals surface area contributed by atoms with Crippen LogP contribution in [-0.4, -0.2) is 134 Å². The molecule has 0 radical (unpaired) electrons. The summed E-state index contributed by atoms with van der Waals surface area (Å²) >= 11 is 0. The number of anilines is 1. The lowest BCUT2D eigenvalue weighted by atomic mass is 9.84. The van der Waals surface area contributed by atoms with Crippen LogP contribution in [0.5, 0.6) is 0 Å². The van der Waals surface area contributed by atoms with Crippen LogP contribution in [0, 0.1) is 34.7 Å². The maximum atomic E-state index is 16.2. The second-order valence-electron chi connectivity index (χ2n) is 20.6. The lowest BCUT2D eigenvalue weighted by Gasteiger charge is -2.41. The Morgan fingerprint density at radius 1 is 0.885 bits per heavy atom. The first kappa shape index (κ1) is 59.1. The van der Waals surface area contributed by atoms with Crippen LogP contribution in [0.3, 0.4) is 0 Å². The number of imide groups is 1. The zero-order valence-corrected chi connectivity index (χ0v) is 43.9. The number of nitrogens with one attached hydrogen (secondary N) is 4. The van der Waals surface area contributed by atoms with Crippen molar-refractivity contribution < 1.29 is 65.8 Å². The summed E-state index contributed by atoms with van der Waals surface area (Å²) in [4.78, 5) is 111. The first-order valence-electron chi connectivity index (χ1n) is 25.2. The Bertz CT molecular complexity index is 2890. The van der Waals surface area contributed by atoms with E-state index in [1.54, 1.807) is 57.4 Å². The Balaban J connectivity index is 1.12. The number of urea groups is 1. The first-order valence-corrected chi connectivity index (χ1v) is 25.2. The summed E-state index contributed by atoms with van der Waals surface area (Å²) in [5, 5.41) is 21.0. The summed E-state index contributed by atoms with van der Waals surface area (Å²) in [6, 6.07) is 10.4. The number of carbonyl (C=O) groups excluding carboxylic acids is 8. The van der Waals surface area contributed by atoms with E-state index in [4.69, 9.17) is 15.5 Å². The molecule has 0 saturated carbocycles. The number of rotatable bonds is 22. The number of amides is 9. The van der Waals surface area contributed by atoms with Gasteiger partial charge in [0, 0.05) is 61.7 Å². The molecule has 3 aromatic carbocycles. The molecule has 6 rings (SSSR count). The van der Waals surface area contributed by atoms with Crippen LogP contribution in [0.15, 0.2) is 85.1 Å². The lowest BCUT2D eigenvalue weighted by Crippen LogP contribution is -2.56. The number of aliphatic hydroxyl groups excluding tert-OH is 1. The summed E-state index contributed by atoms with van der Waals surface area (Å²) in [7, 11) is 0. The summed E-state index contributed by atoms with van der Waals surface area (Å²) in [6.45, 7) is 8.08. The smallest absolute Gasteiger partial charge is 0.410 e. The number of nitrogens with zero attached hydrogens (tertiary/aromatic N) is 5. The number of nitrogens with two attached hydrogens (primary N) is 1. The Morgan fingerprint density at radius 2 is 1.56 bits per heavy atom. The van der Waals surface area contributed by atoms with Gasteiger partial charge >= 0.3 is 12.1 Å². The molecule has 24 heteroatoms. The molecule has 4 aromatic rings. The molecule has 2 aliphatic heterocycles. The van der Waals surface area contributed by atoms with Crippen LogP contribution in [0.1, 0.15) is 77.4 Å². The molecule has 3 heterocycles. The third kappa shape index (κ3) is 15.5. The SMILES string of the molecule is CC(C)[C@H](NC(=O)CN1C(=O)C=CC1=O)C(=O)N[C@@H](CCCNC(N)=O)C(=O)Nc1ccc(COC(=O)N2C[C@@H](CN(C(=O)[C@H](C)O)[C@@H](c3nc(-c4cc(F)ccc4F)cn3Cc3cccc(F)c3)C(C)(C)C)[C@@H](F)C2)cc1. The fourth-order valence-corrected chi connectivity index (χ4v) is 9.08. The monoisotopic (exact) mass is 1090 g/mol. The van der Waals surface area contributed by atoms with Gasteiger partial charge in [-0.2, -0.15) is 0 Å². The molecule has 2 aliphatic rings. The van der Waals surface area contributed by atoms with Crippen molar-refractivity contribution in [1.29, 1.82) is 0 Å². The van der Waals surface area contributed by atoms with Crippen LogP contribution >= 0.6 is 0 Å². The number of alkyl halides is 1. The molecular formula is C54H64F4N10O10. The fourth-order valence-electron chi connectivity index (χ4n) is 9.08. The number of halogens is 4. The number of carbonyl (C=O) groups is 8. The molecule has 9 amide bonds. The highest BCUT2D eigenvalue weighted by Crippen LogP contribution is 2.41. The first-order chi connectivity index (χ1) is 36.8. The van der Waals surface area contributed by atoms with Gasteiger partial charge in [-0.1, -0.05) is 58.9 Å². The topological polar surface area (TPSA) is 268 Å². The molecule has 78 heavy (non-hydrogen) atoms. The van der Waals surface area contributed by atoms with E-state index in [1.807, 2.05) is 0 Å². The lowest BCUT2D eigenvalue weighted by molar-refractivity contribution is -0.146. The number of likely N-dealkylation sites (tertiary alicyclic amines) is 1. The number of ether oxygens (including phenoxy) is 1. The van der Waals surface area contributed by atoms with Gasteiger partial charge in [0.25, 0.3) is 17.7 Å². The van der Waals surface area contributed by atoms with Crippen LogP contribution in [-0.2, 0) is 46.7 Å². The molecule has 0 spiro atoms. The van der Waals surface area contributed by atoms with Crippen molar-refractivity contribution in [2.45, 2.75) is 97.9 Å². The number of benzene rings is 3. The molecule has 418 valence electrons. The highest BCUT2D eigenvalue weighted by atomic mass is 19.1. The number of hydrogen-bond donors (Lipinski definition) is 6. The third-order valence-corrected chi connectivity index (χ3v) is 13.0. The van der Waals surface area contributed by atoms with E-state index in [1.165, 1.54) is 48.4 Å². The molecule has 6 atom stereocenters. The molecule has 1 fully saturated rings. The van der Waals surface area contributed by atoms with Crippen molar-refractivity contribution in [3.05, 3.63) is 119 Å². The highest BCUT2D eigenvalue weighted by Gasteiger charge is 2.44. The van der Waals surface area contributed by atoms with Crippen LogP contribution < -0.4 is 27.0 Å². The van der Waals surface area contributed by atoms with Crippen molar-refractivity contribution >= 4 is 53.3 Å². The zero-order chi connectivity index (χ0) is 57.2. The highest BCUT2D eigenvalue weighted by molar-refractivity contribution is 6.14. The number of aliphatic hydroxyl groups is 1. The molecule has 20 nitrogen and oxygen atoms in total. The van der Waals surface area contributed by atoms with E-state index in [2.05, 4.69) is 21.3 Å². The molecule has 0 aliphatic carbocycles. The van der Waals surface area contributed by atoms with Crippen LogP contribution in [0.25, 0.3) is 11.3 Å². The maximum Gasteiger partial charge on any atom is 0.410 e. The van der Waals surface area contributed by atoms with Crippen molar-refractivity contribution in [3.8, 4) is 11.3 Å². The van der Waals surface area contributed by atoms with Gasteiger partial charge in [0.05, 0.1) is 18.3 Å². The molecule has 0 bridgehead atoms. The summed E-state index contributed by atoms with van der Waals surface area (Å²) in [6.07, 6.45) is -0.433. The maximum absolute atomic E-state index is 16.2. The Kier molecular flexibility index (Phi) is 19.5. The Labute approximate surface area is 447 Å². The fraction of sp³-hybridized carbons (Fsp3) is 0.426. The van der Waals surface area contributed by atoms with E-state index in [0.717, 1.165) is 35.3 Å². The van der Waals surface area contributed by atoms with Crippen LogP contribution in [0.2, 0.25) is 0 Å².